The first-order valence-corrected chi connectivity index (χ1v) is 7.73. The number of aromatic nitrogens is 2. The Morgan fingerprint density at radius 2 is 2.24 bits per heavy atom. The fourth-order valence-corrected chi connectivity index (χ4v) is 2.74. The number of benzene rings is 1. The molecule has 25 heavy (non-hydrogen) atoms. The summed E-state index contributed by atoms with van der Waals surface area (Å²) in [6, 6.07) is 6.23. The van der Waals surface area contributed by atoms with Gasteiger partial charge in [-0.3, -0.25) is 9.89 Å². The summed E-state index contributed by atoms with van der Waals surface area (Å²) in [5.41, 5.74) is 1.39. The third kappa shape index (κ3) is 4.90. The predicted octanol–water partition coefficient (Wildman–Crippen LogP) is 2.58. The van der Waals surface area contributed by atoms with Crippen LogP contribution in [0.15, 0.2) is 30.5 Å². The summed E-state index contributed by atoms with van der Waals surface area (Å²) in [7, 11) is 0. The van der Waals surface area contributed by atoms with Crippen molar-refractivity contribution in [2.75, 3.05) is 13.1 Å². The van der Waals surface area contributed by atoms with Gasteiger partial charge in [0.15, 0.2) is 0 Å². The minimum Gasteiger partial charge on any atom is -0.435 e. The van der Waals surface area contributed by atoms with E-state index in [0.717, 1.165) is 25.9 Å². The number of nitrogens with zero attached hydrogens (tertiary/aromatic N) is 1. The van der Waals surface area contributed by atoms with Gasteiger partial charge < -0.3 is 15.4 Å². The molecule has 0 bridgehead atoms. The van der Waals surface area contributed by atoms with Crippen molar-refractivity contribution in [2.45, 2.75) is 25.5 Å². The molecule has 2 heterocycles. The molecule has 0 radical (unpaired) electrons. The van der Waals surface area contributed by atoms with Gasteiger partial charge in [0, 0.05) is 18.2 Å². The summed E-state index contributed by atoms with van der Waals surface area (Å²) in [5, 5.41) is 12.9. The van der Waals surface area contributed by atoms with Crippen LogP contribution in [0.25, 0.3) is 11.3 Å². The van der Waals surface area contributed by atoms with Crippen LogP contribution in [0.2, 0.25) is 0 Å². The van der Waals surface area contributed by atoms with Crippen molar-refractivity contribution in [3.63, 3.8) is 0 Å². The number of carbonyl (C=O) groups is 1. The summed E-state index contributed by atoms with van der Waals surface area (Å²) in [6.07, 6.45) is 3.36. The number of hydrogen-bond acceptors (Lipinski definition) is 4. The average molecular weight is 373 g/mol. The van der Waals surface area contributed by atoms with E-state index in [1.807, 2.05) is 0 Å². The molecule has 0 aliphatic carbocycles. The lowest BCUT2D eigenvalue weighted by Gasteiger charge is -2.23. The zero-order valence-electron chi connectivity index (χ0n) is 13.3. The Morgan fingerprint density at radius 3 is 2.96 bits per heavy atom. The van der Waals surface area contributed by atoms with Gasteiger partial charge in [-0.25, -0.2) is 0 Å². The number of carbonyl (C=O) groups excluding carboxylic acids is 1. The molecule has 2 aromatic rings. The molecule has 1 aromatic carbocycles. The van der Waals surface area contributed by atoms with Crippen LogP contribution in [0, 0.1) is 0 Å². The van der Waals surface area contributed by atoms with Gasteiger partial charge in [-0.2, -0.15) is 13.9 Å². The third-order valence-electron chi connectivity index (χ3n) is 3.86. The summed E-state index contributed by atoms with van der Waals surface area (Å²) in [5.74, 6) is -0.215. The number of alkyl halides is 2. The van der Waals surface area contributed by atoms with E-state index in [1.165, 1.54) is 18.3 Å². The van der Waals surface area contributed by atoms with Gasteiger partial charge in [0.05, 0.1) is 17.5 Å². The summed E-state index contributed by atoms with van der Waals surface area (Å²) >= 11 is 0. The van der Waals surface area contributed by atoms with E-state index in [-0.39, 0.29) is 30.1 Å². The van der Waals surface area contributed by atoms with Crippen molar-refractivity contribution >= 4 is 18.3 Å². The van der Waals surface area contributed by atoms with Crippen LogP contribution in [-0.4, -0.2) is 41.8 Å². The fourth-order valence-electron chi connectivity index (χ4n) is 2.74. The molecule has 3 N–H and O–H groups in total. The zero-order valence-corrected chi connectivity index (χ0v) is 14.1. The Bertz CT molecular complexity index is 705. The number of piperidine rings is 1. The molecule has 3 rings (SSSR count). The van der Waals surface area contributed by atoms with Crippen LogP contribution in [0.3, 0.4) is 0 Å². The van der Waals surface area contributed by atoms with Crippen LogP contribution < -0.4 is 15.4 Å². The van der Waals surface area contributed by atoms with E-state index in [2.05, 4.69) is 25.6 Å². The topological polar surface area (TPSA) is 79.0 Å². The van der Waals surface area contributed by atoms with Crippen molar-refractivity contribution in [3.8, 4) is 17.0 Å². The number of H-pyrrole nitrogens is 1. The van der Waals surface area contributed by atoms with Crippen molar-refractivity contribution < 1.29 is 18.3 Å². The molecule has 1 atom stereocenters. The van der Waals surface area contributed by atoms with Crippen molar-refractivity contribution in [2.24, 2.45) is 0 Å². The Morgan fingerprint density at radius 1 is 1.40 bits per heavy atom. The normalized spacial score (nSPS) is 17.0. The maximum atomic E-state index is 12.5. The maximum absolute atomic E-state index is 12.5. The zero-order chi connectivity index (χ0) is 16.9. The molecule has 6 nitrogen and oxygen atoms in total. The largest absolute Gasteiger partial charge is 0.435 e. The second-order valence-corrected chi connectivity index (χ2v) is 5.58. The van der Waals surface area contributed by atoms with Gasteiger partial charge in [-0.15, -0.1) is 12.4 Å². The van der Waals surface area contributed by atoms with E-state index >= 15 is 0 Å². The van der Waals surface area contributed by atoms with Crippen molar-refractivity contribution in [3.05, 3.63) is 36.0 Å². The van der Waals surface area contributed by atoms with Crippen LogP contribution in [0.4, 0.5) is 8.78 Å². The molecule has 1 fully saturated rings. The van der Waals surface area contributed by atoms with E-state index in [9.17, 15) is 13.6 Å². The molecule has 0 unspecified atom stereocenters. The Labute approximate surface area is 149 Å². The lowest BCUT2D eigenvalue weighted by molar-refractivity contribution is -0.0498. The number of hydrogen-bond donors (Lipinski definition) is 3. The Balaban J connectivity index is 0.00000225. The van der Waals surface area contributed by atoms with Crippen LogP contribution in [-0.2, 0) is 0 Å². The molecule has 1 amide bonds. The highest BCUT2D eigenvalue weighted by Crippen LogP contribution is 2.26. The molecule has 1 aliphatic heterocycles. The van der Waals surface area contributed by atoms with E-state index in [1.54, 1.807) is 12.1 Å². The van der Waals surface area contributed by atoms with Crippen LogP contribution in [0.5, 0.6) is 5.75 Å². The first-order valence-electron chi connectivity index (χ1n) is 7.73. The average Bonchev–Trinajstić information content (AvgIpc) is 3.05. The molecule has 0 saturated carbocycles. The molecule has 1 saturated heterocycles. The third-order valence-corrected chi connectivity index (χ3v) is 3.86. The summed E-state index contributed by atoms with van der Waals surface area (Å²) < 4.78 is 29.1. The number of amides is 1. The first kappa shape index (κ1) is 19.1. The van der Waals surface area contributed by atoms with Gasteiger partial charge in [-0.05, 0) is 31.5 Å². The smallest absolute Gasteiger partial charge is 0.387 e. The van der Waals surface area contributed by atoms with Crippen LogP contribution in [0.1, 0.15) is 23.2 Å². The monoisotopic (exact) mass is 372 g/mol. The van der Waals surface area contributed by atoms with Gasteiger partial charge in [0.1, 0.15) is 5.75 Å². The minimum atomic E-state index is -2.90. The maximum Gasteiger partial charge on any atom is 0.387 e. The quantitative estimate of drug-likeness (QED) is 0.753. The highest BCUT2D eigenvalue weighted by Gasteiger charge is 2.20. The van der Waals surface area contributed by atoms with E-state index in [0.29, 0.717) is 16.8 Å². The van der Waals surface area contributed by atoms with E-state index < -0.39 is 6.61 Å². The summed E-state index contributed by atoms with van der Waals surface area (Å²) in [4.78, 5) is 12.5. The standard InChI is InChI=1S/C16H18F2N4O2.ClH/c17-16(18)24-12-5-1-3-10(7-12)14-13(9-20-22-14)15(23)21-11-4-2-6-19-8-11;/h1,3,5,7,9,11,16,19H,2,4,6,8H2,(H,20,22)(H,21,23);1H/t11-;/m0./s1. The van der Waals surface area contributed by atoms with Crippen molar-refractivity contribution in [1.29, 1.82) is 0 Å². The first-order chi connectivity index (χ1) is 11.6. The SMILES string of the molecule is Cl.O=C(N[C@H]1CCCNC1)c1cn[nH]c1-c1cccc(OC(F)F)c1. The highest BCUT2D eigenvalue weighted by molar-refractivity contribution is 6.00. The second-order valence-electron chi connectivity index (χ2n) is 5.58. The van der Waals surface area contributed by atoms with Gasteiger partial charge >= 0.3 is 6.61 Å². The minimum absolute atomic E-state index is 0. The van der Waals surface area contributed by atoms with Gasteiger partial charge in [-0.1, -0.05) is 12.1 Å². The van der Waals surface area contributed by atoms with Gasteiger partial charge in [0.2, 0.25) is 0 Å². The number of rotatable bonds is 5. The second kappa shape index (κ2) is 8.77. The number of ether oxygens (including phenoxy) is 1. The fraction of sp³-hybridized carbons (Fsp3) is 0.375. The lowest BCUT2D eigenvalue weighted by atomic mass is 10.1. The Hall–Kier alpha value is -2.19. The van der Waals surface area contributed by atoms with Gasteiger partial charge in [0.25, 0.3) is 5.91 Å². The summed E-state index contributed by atoms with van der Waals surface area (Å²) in [6.45, 7) is -1.21. The van der Waals surface area contributed by atoms with Crippen molar-refractivity contribution in [1.82, 2.24) is 20.8 Å². The molecular formula is C16H19ClF2N4O2. The van der Waals surface area contributed by atoms with E-state index in [4.69, 9.17) is 0 Å². The molecule has 9 heteroatoms. The predicted molar refractivity (Wildman–Crippen MR) is 91.3 cm³/mol. The highest BCUT2D eigenvalue weighted by atomic mass is 35.5. The molecule has 136 valence electrons. The molecule has 1 aliphatic rings. The lowest BCUT2D eigenvalue weighted by Crippen LogP contribution is -2.45. The molecular weight excluding hydrogens is 354 g/mol. The number of nitrogens with one attached hydrogen (secondary N) is 3. The molecule has 0 spiro atoms. The molecule has 1 aromatic heterocycles. The number of halogens is 3. The van der Waals surface area contributed by atoms with Crippen LogP contribution >= 0.6 is 12.4 Å². The Kier molecular flexibility index (Phi) is 6.72. The number of aromatic amines is 1.